The lowest BCUT2D eigenvalue weighted by Gasteiger charge is -2.68. The van der Waals surface area contributed by atoms with E-state index in [0.717, 1.165) is 32.4 Å². The highest BCUT2D eigenvalue weighted by Crippen LogP contribution is 2.79. The van der Waals surface area contributed by atoms with E-state index in [1.807, 2.05) is 0 Å². The van der Waals surface area contributed by atoms with E-state index in [1.165, 1.54) is 0 Å². The van der Waals surface area contributed by atoms with Crippen molar-refractivity contribution >= 4 is 0 Å². The van der Waals surface area contributed by atoms with Crippen LogP contribution >= 0.6 is 0 Å². The standard InChI is InChI=1S/C24H39NO6/c1-5-25-10-22(11-29-2)7-6-15(26)24-13-8-12-14(30-3)9-23(28,16(13)18(12)27)17(21(24)25)19(31-4)20(22)24/h12-21,26-28H,5-11H2,1-4H3/t12-,13-,14+,15+,16-,17?,18+,19+,20-,21?,22+,23-,24?/m1/s1. The lowest BCUT2D eigenvalue weighted by Crippen LogP contribution is -2.76. The summed E-state index contributed by atoms with van der Waals surface area (Å²) in [6.45, 7) is 4.63. The van der Waals surface area contributed by atoms with Gasteiger partial charge in [0.15, 0.2) is 0 Å². The van der Waals surface area contributed by atoms with Crippen molar-refractivity contribution in [3.63, 3.8) is 0 Å². The minimum atomic E-state index is -1.05. The normalized spacial score (nSPS) is 61.6. The van der Waals surface area contributed by atoms with Gasteiger partial charge in [-0.3, -0.25) is 4.90 Å². The minimum absolute atomic E-state index is 0.0248. The smallest absolute Gasteiger partial charge is 0.0796 e. The number of hydrogen-bond donors (Lipinski definition) is 3. The van der Waals surface area contributed by atoms with Crippen LogP contribution in [-0.2, 0) is 14.2 Å². The van der Waals surface area contributed by atoms with Gasteiger partial charge in [0.05, 0.1) is 36.6 Å². The van der Waals surface area contributed by atoms with Crippen molar-refractivity contribution in [2.24, 2.45) is 40.4 Å². The topological polar surface area (TPSA) is 91.6 Å². The van der Waals surface area contributed by atoms with Crippen LogP contribution in [0.2, 0.25) is 0 Å². The lowest BCUT2D eigenvalue weighted by atomic mass is 9.43. The zero-order valence-electron chi connectivity index (χ0n) is 19.2. The molecule has 5 saturated carbocycles. The molecule has 6 aliphatic rings. The third-order valence-electron chi connectivity index (χ3n) is 11.1. The summed E-state index contributed by atoms with van der Waals surface area (Å²) in [5, 5.41) is 35.7. The first-order valence-electron chi connectivity index (χ1n) is 12.2. The van der Waals surface area contributed by atoms with E-state index >= 15 is 0 Å². The SMILES string of the molecule is CCN1C[C@]2(COC)CC[C@H](O)C34C1C([C@H](OC)[C@@H]32)[C@@]1(O)C[C@H](OC)[C@H]2C[C@@H]4[C@@H]1[C@H]2O. The number of aliphatic hydroxyl groups is 3. The van der Waals surface area contributed by atoms with Gasteiger partial charge in [0, 0.05) is 74.8 Å². The van der Waals surface area contributed by atoms with Gasteiger partial charge in [0.25, 0.3) is 0 Å². The third kappa shape index (κ3) is 2.12. The van der Waals surface area contributed by atoms with Crippen LogP contribution in [0.25, 0.3) is 0 Å². The number of aliphatic hydroxyl groups excluding tert-OH is 2. The van der Waals surface area contributed by atoms with Crippen LogP contribution in [0.1, 0.15) is 32.6 Å². The summed E-state index contributed by atoms with van der Waals surface area (Å²) in [5.74, 6) is -0.168. The summed E-state index contributed by atoms with van der Waals surface area (Å²) in [7, 11) is 5.24. The number of nitrogens with zero attached hydrogens (tertiary/aromatic N) is 1. The summed E-state index contributed by atoms with van der Waals surface area (Å²) in [6, 6.07) is 0.0561. The quantitative estimate of drug-likeness (QED) is 0.577. The molecule has 1 saturated heterocycles. The Morgan fingerprint density at radius 3 is 2.52 bits per heavy atom. The monoisotopic (exact) mass is 437 g/mol. The summed E-state index contributed by atoms with van der Waals surface area (Å²) in [5.41, 5.74) is -1.54. The maximum atomic E-state index is 12.5. The van der Waals surface area contributed by atoms with E-state index in [1.54, 1.807) is 21.3 Å². The van der Waals surface area contributed by atoms with Gasteiger partial charge in [0.1, 0.15) is 0 Å². The second kappa shape index (κ2) is 6.65. The van der Waals surface area contributed by atoms with Crippen LogP contribution in [0.4, 0.5) is 0 Å². The summed E-state index contributed by atoms with van der Waals surface area (Å²) < 4.78 is 18.0. The fraction of sp³-hybridized carbons (Fsp3) is 1.00. The molecule has 6 fully saturated rings. The summed E-state index contributed by atoms with van der Waals surface area (Å²) >= 11 is 0. The number of piperidine rings is 1. The Hall–Kier alpha value is -0.280. The van der Waals surface area contributed by atoms with Gasteiger partial charge in [-0.25, -0.2) is 0 Å². The van der Waals surface area contributed by atoms with E-state index in [2.05, 4.69) is 11.8 Å². The third-order valence-corrected chi connectivity index (χ3v) is 11.1. The van der Waals surface area contributed by atoms with E-state index < -0.39 is 17.8 Å². The average Bonchev–Trinajstić information content (AvgIpc) is 3.16. The molecular weight excluding hydrogens is 398 g/mol. The van der Waals surface area contributed by atoms with Crippen molar-refractivity contribution in [3.8, 4) is 0 Å². The fourth-order valence-corrected chi connectivity index (χ4v) is 10.7. The molecule has 31 heavy (non-hydrogen) atoms. The molecule has 6 rings (SSSR count). The Morgan fingerprint density at radius 2 is 1.87 bits per heavy atom. The molecule has 0 aromatic carbocycles. The fourth-order valence-electron chi connectivity index (χ4n) is 10.7. The predicted molar refractivity (Wildman–Crippen MR) is 112 cm³/mol. The number of fused-ring (bicyclic) bond motifs is 2. The van der Waals surface area contributed by atoms with Gasteiger partial charge in [-0.2, -0.15) is 0 Å². The van der Waals surface area contributed by atoms with Gasteiger partial charge in [0.2, 0.25) is 0 Å². The number of methoxy groups -OCH3 is 3. The molecular formula is C24H39NO6. The van der Waals surface area contributed by atoms with Crippen molar-refractivity contribution < 1.29 is 29.5 Å². The number of hydrogen-bond acceptors (Lipinski definition) is 7. The Kier molecular flexibility index (Phi) is 4.56. The van der Waals surface area contributed by atoms with E-state index in [9.17, 15) is 15.3 Å². The van der Waals surface area contributed by atoms with Crippen LogP contribution < -0.4 is 0 Å². The van der Waals surface area contributed by atoms with Crippen molar-refractivity contribution in [1.29, 1.82) is 0 Å². The van der Waals surface area contributed by atoms with E-state index in [0.29, 0.717) is 13.0 Å². The first kappa shape index (κ1) is 21.3. The number of ether oxygens (including phenoxy) is 3. The molecule has 0 aromatic rings. The Balaban J connectivity index is 1.62. The van der Waals surface area contributed by atoms with Gasteiger partial charge < -0.3 is 29.5 Å². The molecule has 7 nitrogen and oxygen atoms in total. The van der Waals surface area contributed by atoms with Gasteiger partial charge in [-0.1, -0.05) is 6.92 Å². The first-order chi connectivity index (χ1) is 14.9. The first-order valence-corrected chi connectivity index (χ1v) is 12.2. The Morgan fingerprint density at radius 1 is 1.10 bits per heavy atom. The highest BCUT2D eigenvalue weighted by atomic mass is 16.5. The second-order valence-electron chi connectivity index (χ2n) is 11.6. The molecule has 3 unspecified atom stereocenters. The van der Waals surface area contributed by atoms with Gasteiger partial charge in [-0.05, 0) is 31.7 Å². The number of likely N-dealkylation sites (tertiary alicyclic amines) is 1. The van der Waals surface area contributed by atoms with Crippen molar-refractivity contribution in [3.05, 3.63) is 0 Å². The molecule has 3 N–H and O–H groups in total. The maximum Gasteiger partial charge on any atom is 0.0796 e. The summed E-state index contributed by atoms with van der Waals surface area (Å²) in [4.78, 5) is 2.52. The van der Waals surface area contributed by atoms with Crippen LogP contribution in [0.3, 0.4) is 0 Å². The molecule has 13 atom stereocenters. The molecule has 0 aromatic heterocycles. The van der Waals surface area contributed by atoms with Crippen LogP contribution in [0.5, 0.6) is 0 Å². The van der Waals surface area contributed by atoms with Crippen LogP contribution in [-0.4, -0.2) is 97.3 Å². The van der Waals surface area contributed by atoms with Crippen molar-refractivity contribution in [2.75, 3.05) is 41.0 Å². The van der Waals surface area contributed by atoms with Gasteiger partial charge in [-0.15, -0.1) is 0 Å². The molecule has 0 amide bonds. The highest BCUT2D eigenvalue weighted by molar-refractivity contribution is 5.35. The molecule has 7 bridgehead atoms. The molecule has 176 valence electrons. The maximum absolute atomic E-state index is 12.5. The molecule has 0 radical (unpaired) electrons. The Labute approximate surface area is 185 Å². The van der Waals surface area contributed by atoms with E-state index in [-0.39, 0.29) is 58.7 Å². The van der Waals surface area contributed by atoms with Gasteiger partial charge >= 0.3 is 0 Å². The average molecular weight is 438 g/mol. The van der Waals surface area contributed by atoms with Crippen molar-refractivity contribution in [1.82, 2.24) is 4.90 Å². The van der Waals surface area contributed by atoms with E-state index in [4.69, 9.17) is 14.2 Å². The highest BCUT2D eigenvalue weighted by Gasteiger charge is 2.86. The molecule has 1 heterocycles. The molecule has 5 aliphatic carbocycles. The predicted octanol–water partition coefficient (Wildman–Crippen LogP) is 0.502. The minimum Gasteiger partial charge on any atom is -0.392 e. The molecule has 7 heteroatoms. The lowest BCUT2D eigenvalue weighted by molar-refractivity contribution is -0.272. The summed E-state index contributed by atoms with van der Waals surface area (Å²) in [6.07, 6.45) is 1.65. The Bertz CT molecular complexity index is 752. The largest absolute Gasteiger partial charge is 0.392 e. The van der Waals surface area contributed by atoms with Crippen LogP contribution in [0, 0.1) is 40.4 Å². The second-order valence-corrected chi connectivity index (χ2v) is 11.6. The zero-order valence-corrected chi connectivity index (χ0v) is 19.2. The van der Waals surface area contributed by atoms with Crippen LogP contribution in [0.15, 0.2) is 0 Å². The molecule has 1 aliphatic heterocycles. The zero-order chi connectivity index (χ0) is 21.9. The van der Waals surface area contributed by atoms with Crippen molar-refractivity contribution in [2.45, 2.75) is 68.7 Å². The molecule has 1 spiro atoms. The number of rotatable bonds is 5.